The number of esters is 1. The number of allylic oxidation sites excluding steroid dienone is 1. The van der Waals surface area contributed by atoms with Crippen LogP contribution in [0.15, 0.2) is 40.6 Å². The Labute approximate surface area is 121 Å². The Balaban J connectivity index is 1.99. The van der Waals surface area contributed by atoms with Crippen molar-refractivity contribution in [3.63, 3.8) is 0 Å². The van der Waals surface area contributed by atoms with Crippen LogP contribution in [-0.2, 0) is 20.9 Å². The lowest BCUT2D eigenvalue weighted by Crippen LogP contribution is -2.23. The molecule has 0 aliphatic heterocycles. The molecule has 0 N–H and O–H groups in total. The molecule has 0 heterocycles. The van der Waals surface area contributed by atoms with Crippen LogP contribution in [0.1, 0.15) is 31.7 Å². The summed E-state index contributed by atoms with van der Waals surface area (Å²) >= 11 is 3.49. The highest BCUT2D eigenvalue weighted by Crippen LogP contribution is 2.25. The molecular weight excluding hydrogens is 308 g/mol. The van der Waals surface area contributed by atoms with Crippen LogP contribution in [0.25, 0.3) is 0 Å². The van der Waals surface area contributed by atoms with Gasteiger partial charge < -0.3 is 9.47 Å². The number of ether oxygens (including phenoxy) is 2. The number of hydrogen-bond donors (Lipinski definition) is 0. The zero-order valence-electron chi connectivity index (χ0n) is 10.9. The van der Waals surface area contributed by atoms with Crippen molar-refractivity contribution in [3.8, 4) is 0 Å². The van der Waals surface area contributed by atoms with Gasteiger partial charge in [-0.25, -0.2) is 0 Å². The van der Waals surface area contributed by atoms with E-state index in [1.165, 1.54) is 6.92 Å². The van der Waals surface area contributed by atoms with Gasteiger partial charge in [0.1, 0.15) is 12.4 Å². The molecule has 1 aliphatic carbocycles. The van der Waals surface area contributed by atoms with Crippen molar-refractivity contribution in [1.82, 2.24) is 0 Å². The maximum atomic E-state index is 11.1. The largest absolute Gasteiger partial charge is 0.490 e. The highest BCUT2D eigenvalue weighted by atomic mass is 79.9. The van der Waals surface area contributed by atoms with Crippen molar-refractivity contribution in [3.05, 3.63) is 46.1 Å². The van der Waals surface area contributed by atoms with E-state index < -0.39 is 0 Å². The fraction of sp³-hybridized carbons (Fsp3) is 0.400. The summed E-state index contributed by atoms with van der Waals surface area (Å²) in [6, 6.07) is 7.93. The SMILES string of the molecule is CC(=O)OC1CCCC=C1OCc1ccccc1Br. The summed E-state index contributed by atoms with van der Waals surface area (Å²) < 4.78 is 12.1. The van der Waals surface area contributed by atoms with Crippen molar-refractivity contribution >= 4 is 21.9 Å². The number of halogens is 1. The number of rotatable bonds is 4. The lowest BCUT2D eigenvalue weighted by Gasteiger charge is -2.24. The van der Waals surface area contributed by atoms with Crippen LogP contribution >= 0.6 is 15.9 Å². The minimum absolute atomic E-state index is 0.228. The monoisotopic (exact) mass is 324 g/mol. The molecule has 102 valence electrons. The third kappa shape index (κ3) is 4.10. The zero-order valence-corrected chi connectivity index (χ0v) is 12.5. The van der Waals surface area contributed by atoms with Crippen LogP contribution in [0.4, 0.5) is 0 Å². The first kappa shape index (κ1) is 14.1. The van der Waals surface area contributed by atoms with E-state index in [0.29, 0.717) is 6.61 Å². The van der Waals surface area contributed by atoms with Crippen LogP contribution in [-0.4, -0.2) is 12.1 Å². The first-order valence-corrected chi connectivity index (χ1v) is 7.19. The molecule has 1 aromatic rings. The Hall–Kier alpha value is -1.29. The normalized spacial score (nSPS) is 18.6. The summed E-state index contributed by atoms with van der Waals surface area (Å²) in [6.45, 7) is 1.91. The van der Waals surface area contributed by atoms with Crippen molar-refractivity contribution in [1.29, 1.82) is 0 Å². The molecule has 0 bridgehead atoms. The predicted octanol–water partition coefficient (Wildman–Crippen LogP) is 3.97. The van der Waals surface area contributed by atoms with Crippen LogP contribution in [0.5, 0.6) is 0 Å². The van der Waals surface area contributed by atoms with Gasteiger partial charge in [-0.3, -0.25) is 4.79 Å². The molecular formula is C15H17BrO3. The maximum absolute atomic E-state index is 11.1. The Morgan fingerprint density at radius 2 is 2.21 bits per heavy atom. The second-order valence-electron chi connectivity index (χ2n) is 4.52. The quantitative estimate of drug-likeness (QED) is 0.786. The highest BCUT2D eigenvalue weighted by molar-refractivity contribution is 9.10. The summed E-state index contributed by atoms with van der Waals surface area (Å²) in [5.74, 6) is 0.513. The van der Waals surface area contributed by atoms with Crippen molar-refractivity contribution < 1.29 is 14.3 Å². The molecule has 2 rings (SSSR count). The summed E-state index contributed by atoms with van der Waals surface area (Å²) in [5.41, 5.74) is 1.08. The number of carbonyl (C=O) groups excluding carboxylic acids is 1. The fourth-order valence-electron chi connectivity index (χ4n) is 2.07. The van der Waals surface area contributed by atoms with Gasteiger partial charge in [-0.2, -0.15) is 0 Å². The Morgan fingerprint density at radius 1 is 1.42 bits per heavy atom. The maximum Gasteiger partial charge on any atom is 0.303 e. The summed E-state index contributed by atoms with van der Waals surface area (Å²) in [6.07, 6.45) is 4.63. The molecule has 0 radical (unpaired) electrons. The van der Waals surface area contributed by atoms with E-state index in [0.717, 1.165) is 35.1 Å². The minimum Gasteiger partial charge on any atom is -0.490 e. The first-order chi connectivity index (χ1) is 9.16. The van der Waals surface area contributed by atoms with Gasteiger partial charge >= 0.3 is 5.97 Å². The van der Waals surface area contributed by atoms with E-state index >= 15 is 0 Å². The second kappa shape index (κ2) is 6.75. The molecule has 1 aliphatic rings. The van der Waals surface area contributed by atoms with Crippen molar-refractivity contribution in [2.45, 2.75) is 38.9 Å². The minimum atomic E-state index is -0.262. The molecule has 0 aromatic heterocycles. The predicted molar refractivity (Wildman–Crippen MR) is 76.4 cm³/mol. The molecule has 4 heteroatoms. The molecule has 0 spiro atoms. The average molecular weight is 325 g/mol. The third-order valence-electron chi connectivity index (χ3n) is 2.99. The lowest BCUT2D eigenvalue weighted by atomic mass is 10.0. The number of carbonyl (C=O) groups is 1. The van der Waals surface area contributed by atoms with Gasteiger partial charge in [0.2, 0.25) is 0 Å². The van der Waals surface area contributed by atoms with Gasteiger partial charge in [0, 0.05) is 17.0 Å². The molecule has 0 saturated carbocycles. The molecule has 0 saturated heterocycles. The van der Waals surface area contributed by atoms with E-state index in [9.17, 15) is 4.79 Å². The standard InChI is InChI=1S/C15H17BrO3/c1-11(17)19-15-9-5-4-8-14(15)18-10-12-6-2-3-7-13(12)16/h2-3,6-8,15H,4-5,9-10H2,1H3. The van der Waals surface area contributed by atoms with Crippen LogP contribution in [0.2, 0.25) is 0 Å². The van der Waals surface area contributed by atoms with Crippen LogP contribution < -0.4 is 0 Å². The Bertz CT molecular complexity index is 482. The summed E-state index contributed by atoms with van der Waals surface area (Å²) in [5, 5.41) is 0. The van der Waals surface area contributed by atoms with E-state index in [2.05, 4.69) is 15.9 Å². The molecule has 19 heavy (non-hydrogen) atoms. The van der Waals surface area contributed by atoms with E-state index in [4.69, 9.17) is 9.47 Å². The van der Waals surface area contributed by atoms with Crippen LogP contribution in [0, 0.1) is 0 Å². The van der Waals surface area contributed by atoms with Gasteiger partial charge in [-0.05, 0) is 31.4 Å². The van der Waals surface area contributed by atoms with Gasteiger partial charge in [-0.15, -0.1) is 0 Å². The Morgan fingerprint density at radius 3 is 2.95 bits per heavy atom. The Kier molecular flexibility index (Phi) is 5.02. The number of benzene rings is 1. The van der Waals surface area contributed by atoms with E-state index in [-0.39, 0.29) is 12.1 Å². The van der Waals surface area contributed by atoms with Crippen LogP contribution in [0.3, 0.4) is 0 Å². The summed E-state index contributed by atoms with van der Waals surface area (Å²) in [7, 11) is 0. The average Bonchev–Trinajstić information content (AvgIpc) is 2.39. The molecule has 1 unspecified atom stereocenters. The van der Waals surface area contributed by atoms with Crippen molar-refractivity contribution in [2.24, 2.45) is 0 Å². The van der Waals surface area contributed by atoms with E-state index in [1.807, 2.05) is 30.3 Å². The number of hydrogen-bond acceptors (Lipinski definition) is 3. The third-order valence-corrected chi connectivity index (χ3v) is 3.77. The molecule has 0 amide bonds. The smallest absolute Gasteiger partial charge is 0.303 e. The summed E-state index contributed by atoms with van der Waals surface area (Å²) in [4.78, 5) is 11.1. The van der Waals surface area contributed by atoms with Gasteiger partial charge in [0.15, 0.2) is 6.10 Å². The fourth-order valence-corrected chi connectivity index (χ4v) is 2.47. The molecule has 0 fully saturated rings. The first-order valence-electron chi connectivity index (χ1n) is 6.40. The van der Waals surface area contributed by atoms with Crippen molar-refractivity contribution in [2.75, 3.05) is 0 Å². The van der Waals surface area contributed by atoms with Gasteiger partial charge in [0.25, 0.3) is 0 Å². The topological polar surface area (TPSA) is 35.5 Å². The van der Waals surface area contributed by atoms with E-state index in [1.54, 1.807) is 0 Å². The van der Waals surface area contributed by atoms with Gasteiger partial charge in [0.05, 0.1) is 0 Å². The second-order valence-corrected chi connectivity index (χ2v) is 5.37. The highest BCUT2D eigenvalue weighted by Gasteiger charge is 2.22. The lowest BCUT2D eigenvalue weighted by molar-refractivity contribution is -0.147. The molecule has 1 atom stereocenters. The zero-order chi connectivity index (χ0) is 13.7. The molecule has 1 aromatic carbocycles. The molecule has 3 nitrogen and oxygen atoms in total. The van der Waals surface area contributed by atoms with Gasteiger partial charge in [-0.1, -0.05) is 34.1 Å².